The zero-order chi connectivity index (χ0) is 13.8. The monoisotopic (exact) mass is 278 g/mol. The average molecular weight is 279 g/mol. The quantitative estimate of drug-likeness (QED) is 0.676. The number of rotatable bonds is 4. The number of nitrogens with one attached hydrogen (secondary N) is 1. The van der Waals surface area contributed by atoms with Crippen LogP contribution in [0.2, 0.25) is 5.02 Å². The van der Waals surface area contributed by atoms with Gasteiger partial charge in [0.1, 0.15) is 11.5 Å². The van der Waals surface area contributed by atoms with Crippen LogP contribution in [0.25, 0.3) is 0 Å². The summed E-state index contributed by atoms with van der Waals surface area (Å²) in [5.74, 6) is 0.952. The number of hydrogen-bond acceptors (Lipinski definition) is 4. The molecule has 2 rings (SSSR count). The third-order valence-corrected chi connectivity index (χ3v) is 2.69. The summed E-state index contributed by atoms with van der Waals surface area (Å²) in [4.78, 5) is 10.4. The lowest BCUT2D eigenvalue weighted by Gasteiger charge is -2.08. The van der Waals surface area contributed by atoms with Crippen LogP contribution >= 0.6 is 11.6 Å². The number of nitro benzene ring substituents is 1. The molecule has 0 bridgehead atoms. The normalized spacial score (nSPS) is 10.0. The zero-order valence-electron chi connectivity index (χ0n) is 10.1. The molecule has 0 aromatic heterocycles. The lowest BCUT2D eigenvalue weighted by molar-refractivity contribution is -0.384. The maximum absolute atomic E-state index is 10.8. The molecular weight excluding hydrogens is 268 g/mol. The number of hydrogen-bond donors (Lipinski definition) is 1. The highest BCUT2D eigenvalue weighted by Crippen LogP contribution is 2.29. The van der Waals surface area contributed by atoms with Gasteiger partial charge in [0.2, 0.25) is 0 Å². The molecule has 0 radical (unpaired) electrons. The molecule has 19 heavy (non-hydrogen) atoms. The van der Waals surface area contributed by atoms with E-state index >= 15 is 0 Å². The summed E-state index contributed by atoms with van der Waals surface area (Å²) in [6.45, 7) is 0. The topological polar surface area (TPSA) is 64.4 Å². The summed E-state index contributed by atoms with van der Waals surface area (Å²) < 4.78 is 5.56. The minimum Gasteiger partial charge on any atom is -0.457 e. The minimum absolute atomic E-state index is 0.0317. The van der Waals surface area contributed by atoms with Gasteiger partial charge in [-0.15, -0.1) is 0 Å². The first kappa shape index (κ1) is 13.2. The summed E-state index contributed by atoms with van der Waals surface area (Å²) in [5, 5.41) is 14.3. The van der Waals surface area contributed by atoms with E-state index in [1.165, 1.54) is 12.1 Å². The molecule has 0 aliphatic heterocycles. The molecule has 0 aliphatic carbocycles. The number of benzene rings is 2. The van der Waals surface area contributed by atoms with Gasteiger partial charge in [0.25, 0.3) is 5.69 Å². The molecule has 6 heteroatoms. The Hall–Kier alpha value is -2.27. The molecule has 98 valence electrons. The lowest BCUT2D eigenvalue weighted by Crippen LogP contribution is -1.94. The maximum Gasteiger partial charge on any atom is 0.275 e. The first-order valence-electron chi connectivity index (χ1n) is 5.49. The van der Waals surface area contributed by atoms with Crippen LogP contribution in [0.5, 0.6) is 11.5 Å². The van der Waals surface area contributed by atoms with Crippen molar-refractivity contribution in [2.75, 3.05) is 12.4 Å². The predicted octanol–water partition coefficient (Wildman–Crippen LogP) is 4.08. The van der Waals surface area contributed by atoms with Gasteiger partial charge in [0.05, 0.1) is 11.0 Å². The second kappa shape index (κ2) is 5.58. The van der Waals surface area contributed by atoms with Crippen LogP contribution in [-0.4, -0.2) is 12.0 Å². The van der Waals surface area contributed by atoms with Crippen LogP contribution in [0.1, 0.15) is 0 Å². The first-order valence-corrected chi connectivity index (χ1v) is 5.87. The molecule has 0 unspecified atom stereocenters. The average Bonchev–Trinajstić information content (AvgIpc) is 2.41. The highest BCUT2D eigenvalue weighted by Gasteiger charge is 2.10. The molecule has 0 saturated carbocycles. The van der Waals surface area contributed by atoms with Crippen LogP contribution in [0.4, 0.5) is 11.4 Å². The minimum atomic E-state index is -0.463. The van der Waals surface area contributed by atoms with Gasteiger partial charge in [-0.2, -0.15) is 0 Å². The van der Waals surface area contributed by atoms with E-state index in [0.717, 1.165) is 0 Å². The lowest BCUT2D eigenvalue weighted by atomic mass is 10.2. The van der Waals surface area contributed by atoms with Crippen LogP contribution in [0, 0.1) is 10.1 Å². The fourth-order valence-corrected chi connectivity index (χ4v) is 1.66. The third-order valence-electron chi connectivity index (χ3n) is 2.44. The van der Waals surface area contributed by atoms with Gasteiger partial charge in [0.15, 0.2) is 0 Å². The van der Waals surface area contributed by atoms with Crippen molar-refractivity contribution in [1.29, 1.82) is 0 Å². The summed E-state index contributed by atoms with van der Waals surface area (Å²) in [6.07, 6.45) is 0. The molecule has 5 nitrogen and oxygen atoms in total. The van der Waals surface area contributed by atoms with Crippen molar-refractivity contribution in [3.8, 4) is 11.5 Å². The second-order valence-corrected chi connectivity index (χ2v) is 4.22. The highest BCUT2D eigenvalue weighted by atomic mass is 35.5. The van der Waals surface area contributed by atoms with Crippen molar-refractivity contribution in [2.45, 2.75) is 0 Å². The Morgan fingerprint density at radius 3 is 2.42 bits per heavy atom. The van der Waals surface area contributed by atoms with E-state index in [0.29, 0.717) is 22.2 Å². The van der Waals surface area contributed by atoms with Gasteiger partial charge >= 0.3 is 0 Å². The van der Waals surface area contributed by atoms with Crippen molar-refractivity contribution in [3.63, 3.8) is 0 Å². The molecular formula is C13H11ClN2O3. The maximum atomic E-state index is 10.8. The number of nitrogens with zero attached hydrogens (tertiary/aromatic N) is 1. The van der Waals surface area contributed by atoms with Crippen molar-refractivity contribution >= 4 is 23.0 Å². The molecule has 0 atom stereocenters. The number of anilines is 1. The van der Waals surface area contributed by atoms with Crippen molar-refractivity contribution < 1.29 is 9.66 Å². The van der Waals surface area contributed by atoms with E-state index in [2.05, 4.69) is 5.32 Å². The highest BCUT2D eigenvalue weighted by molar-refractivity contribution is 6.30. The van der Waals surface area contributed by atoms with Crippen LogP contribution in [0.3, 0.4) is 0 Å². The van der Waals surface area contributed by atoms with Crippen molar-refractivity contribution in [3.05, 3.63) is 57.6 Å². The van der Waals surface area contributed by atoms with E-state index in [4.69, 9.17) is 16.3 Å². The molecule has 0 saturated heterocycles. The first-order chi connectivity index (χ1) is 9.08. The van der Waals surface area contributed by atoms with E-state index in [-0.39, 0.29) is 5.69 Å². The van der Waals surface area contributed by atoms with E-state index in [1.807, 2.05) is 0 Å². The van der Waals surface area contributed by atoms with Gasteiger partial charge < -0.3 is 10.1 Å². The summed E-state index contributed by atoms with van der Waals surface area (Å²) in [7, 11) is 1.69. The predicted molar refractivity (Wildman–Crippen MR) is 74.2 cm³/mol. The number of halogens is 1. The second-order valence-electron chi connectivity index (χ2n) is 3.78. The molecule has 0 amide bonds. The molecule has 0 aliphatic rings. The fourth-order valence-electron chi connectivity index (χ4n) is 1.53. The smallest absolute Gasteiger partial charge is 0.275 e. The van der Waals surface area contributed by atoms with Crippen molar-refractivity contribution in [1.82, 2.24) is 0 Å². The number of non-ortho nitro benzene ring substituents is 1. The largest absolute Gasteiger partial charge is 0.457 e. The van der Waals surface area contributed by atoms with E-state index < -0.39 is 4.92 Å². The van der Waals surface area contributed by atoms with Crippen molar-refractivity contribution in [2.24, 2.45) is 0 Å². The Balaban J connectivity index is 2.31. The van der Waals surface area contributed by atoms with Gasteiger partial charge in [-0.25, -0.2) is 0 Å². The van der Waals surface area contributed by atoms with Gasteiger partial charge in [-0.3, -0.25) is 10.1 Å². The fraction of sp³-hybridized carbons (Fsp3) is 0.0769. The molecule has 1 N–H and O–H groups in total. The van der Waals surface area contributed by atoms with E-state index in [9.17, 15) is 10.1 Å². The van der Waals surface area contributed by atoms with Gasteiger partial charge in [0, 0.05) is 29.9 Å². The SMILES string of the molecule is CNc1cc(Oc2ccc(Cl)cc2)cc([N+](=O)[O-])c1. The van der Waals surface area contributed by atoms with E-state index in [1.54, 1.807) is 37.4 Å². The van der Waals surface area contributed by atoms with Gasteiger partial charge in [-0.05, 0) is 24.3 Å². The van der Waals surface area contributed by atoms with Crippen LogP contribution < -0.4 is 10.1 Å². The standard InChI is InChI=1S/C13H11ClN2O3/c1-15-10-6-11(16(17)18)8-13(7-10)19-12-4-2-9(14)3-5-12/h2-8,15H,1H3. The Morgan fingerprint density at radius 1 is 1.16 bits per heavy atom. The van der Waals surface area contributed by atoms with Crippen LogP contribution in [-0.2, 0) is 0 Å². The van der Waals surface area contributed by atoms with Gasteiger partial charge in [-0.1, -0.05) is 11.6 Å². The molecule has 0 spiro atoms. The molecule has 2 aromatic carbocycles. The Kier molecular flexibility index (Phi) is 3.87. The van der Waals surface area contributed by atoms with Crippen LogP contribution in [0.15, 0.2) is 42.5 Å². The number of nitro groups is 1. The molecule has 0 fully saturated rings. The summed E-state index contributed by atoms with van der Waals surface area (Å²) in [6, 6.07) is 11.3. The Morgan fingerprint density at radius 2 is 1.84 bits per heavy atom. The summed E-state index contributed by atoms with van der Waals surface area (Å²) >= 11 is 5.77. The zero-order valence-corrected chi connectivity index (χ0v) is 10.8. The summed E-state index contributed by atoms with van der Waals surface area (Å²) in [5.41, 5.74) is 0.578. The Labute approximate surface area is 114 Å². The molecule has 0 heterocycles. The third kappa shape index (κ3) is 3.35. The number of ether oxygens (including phenoxy) is 1. The Bertz CT molecular complexity index is 599. The molecule has 2 aromatic rings.